The zero-order valence-corrected chi connectivity index (χ0v) is 12.8. The van der Waals surface area contributed by atoms with E-state index in [1.165, 1.54) is 25.7 Å². The Kier molecular flexibility index (Phi) is 5.37. The van der Waals surface area contributed by atoms with Crippen LogP contribution in [0.4, 0.5) is 5.13 Å². The van der Waals surface area contributed by atoms with E-state index in [1.54, 1.807) is 11.3 Å². The average molecular weight is 280 g/mol. The second kappa shape index (κ2) is 7.04. The Labute approximate surface area is 120 Å². The van der Waals surface area contributed by atoms with Crippen LogP contribution < -0.4 is 4.90 Å². The molecule has 4 heteroatoms. The molecule has 1 aliphatic rings. The van der Waals surface area contributed by atoms with E-state index in [0.29, 0.717) is 0 Å². The highest BCUT2D eigenvalue weighted by Crippen LogP contribution is 2.29. The first-order valence-electron chi connectivity index (χ1n) is 7.48. The lowest BCUT2D eigenvalue weighted by atomic mass is 9.98. The molecule has 2 rings (SSSR count). The maximum Gasteiger partial charge on any atom is 0.186 e. The van der Waals surface area contributed by atoms with Crippen molar-refractivity contribution in [2.75, 3.05) is 18.0 Å². The van der Waals surface area contributed by atoms with Crippen molar-refractivity contribution in [3.63, 3.8) is 0 Å². The zero-order valence-electron chi connectivity index (χ0n) is 12.0. The highest BCUT2D eigenvalue weighted by atomic mass is 32.1. The summed E-state index contributed by atoms with van der Waals surface area (Å²) in [7, 11) is 0. The predicted octanol–water partition coefficient (Wildman–Crippen LogP) is 3.92. The van der Waals surface area contributed by atoms with Crippen LogP contribution in [0.15, 0.2) is 0 Å². The molecule has 19 heavy (non-hydrogen) atoms. The van der Waals surface area contributed by atoms with Gasteiger partial charge in [0.2, 0.25) is 0 Å². The normalized spacial score (nSPS) is 20.3. The predicted molar refractivity (Wildman–Crippen MR) is 81.3 cm³/mol. The Morgan fingerprint density at radius 2 is 2.21 bits per heavy atom. The van der Waals surface area contributed by atoms with E-state index in [0.717, 1.165) is 53.8 Å². The number of rotatable bonds is 5. The molecule has 0 aromatic carbocycles. The minimum atomic E-state index is 0.827. The summed E-state index contributed by atoms with van der Waals surface area (Å²) in [6, 6.07) is 0. The number of carbonyl (C=O) groups excluding carboxylic acids is 1. The molecule has 1 fully saturated rings. The van der Waals surface area contributed by atoms with Crippen LogP contribution in [-0.2, 0) is 6.42 Å². The molecule has 1 saturated heterocycles. The molecule has 1 aliphatic heterocycles. The third-order valence-corrected chi connectivity index (χ3v) is 5.09. The van der Waals surface area contributed by atoms with E-state index in [-0.39, 0.29) is 0 Å². The summed E-state index contributed by atoms with van der Waals surface area (Å²) in [4.78, 5) is 19.0. The third kappa shape index (κ3) is 3.56. The fourth-order valence-corrected chi connectivity index (χ4v) is 3.74. The first kappa shape index (κ1) is 14.5. The van der Waals surface area contributed by atoms with Crippen molar-refractivity contribution in [3.8, 4) is 0 Å². The second-order valence-electron chi connectivity index (χ2n) is 5.37. The van der Waals surface area contributed by atoms with Crippen molar-refractivity contribution < 1.29 is 4.79 Å². The minimum absolute atomic E-state index is 0.827. The van der Waals surface area contributed by atoms with Gasteiger partial charge in [-0.3, -0.25) is 4.79 Å². The molecular weight excluding hydrogens is 256 g/mol. The Morgan fingerprint density at radius 1 is 1.37 bits per heavy atom. The Balaban J connectivity index is 2.10. The molecule has 2 heterocycles. The number of nitrogens with zero attached hydrogens (tertiary/aromatic N) is 2. The fourth-order valence-electron chi connectivity index (χ4n) is 2.76. The largest absolute Gasteiger partial charge is 0.348 e. The molecule has 0 saturated carbocycles. The molecule has 1 unspecified atom stereocenters. The Bertz CT molecular complexity index is 416. The van der Waals surface area contributed by atoms with Gasteiger partial charge in [0.25, 0.3) is 0 Å². The maximum absolute atomic E-state index is 11.1. The molecule has 1 aromatic heterocycles. The van der Waals surface area contributed by atoms with Crippen LogP contribution in [0, 0.1) is 5.92 Å². The summed E-state index contributed by atoms with van der Waals surface area (Å²) in [6.45, 7) is 6.60. The lowest BCUT2D eigenvalue weighted by molar-refractivity contribution is 0.112. The van der Waals surface area contributed by atoms with Gasteiger partial charge in [0.05, 0.1) is 10.6 Å². The van der Waals surface area contributed by atoms with Crippen LogP contribution >= 0.6 is 11.3 Å². The van der Waals surface area contributed by atoms with Crippen LogP contribution in [0.1, 0.15) is 61.3 Å². The monoisotopic (exact) mass is 280 g/mol. The fraction of sp³-hybridized carbons (Fsp3) is 0.733. The van der Waals surface area contributed by atoms with Crippen molar-refractivity contribution in [3.05, 3.63) is 10.6 Å². The summed E-state index contributed by atoms with van der Waals surface area (Å²) in [5.41, 5.74) is 0.994. The molecule has 1 aromatic rings. The van der Waals surface area contributed by atoms with Gasteiger partial charge in [-0.15, -0.1) is 0 Å². The summed E-state index contributed by atoms with van der Waals surface area (Å²) in [6.07, 6.45) is 8.05. The number of hydrogen-bond donors (Lipinski definition) is 0. The Hall–Kier alpha value is -0.900. The van der Waals surface area contributed by atoms with Gasteiger partial charge in [-0.05, 0) is 31.6 Å². The Morgan fingerprint density at radius 3 is 2.89 bits per heavy atom. The maximum atomic E-state index is 11.1. The molecule has 0 radical (unpaired) electrons. The van der Waals surface area contributed by atoms with E-state index < -0.39 is 0 Å². The number of carbonyl (C=O) groups is 1. The first-order chi connectivity index (χ1) is 9.28. The molecule has 3 nitrogen and oxygen atoms in total. The number of aryl methyl sites for hydroxylation is 1. The van der Waals surface area contributed by atoms with Gasteiger partial charge in [0, 0.05) is 13.1 Å². The quantitative estimate of drug-likeness (QED) is 0.766. The van der Waals surface area contributed by atoms with Gasteiger partial charge in [0.15, 0.2) is 11.4 Å². The third-order valence-electron chi connectivity index (χ3n) is 4.01. The minimum Gasteiger partial charge on any atom is -0.348 e. The lowest BCUT2D eigenvalue weighted by Gasteiger charge is -2.19. The van der Waals surface area contributed by atoms with E-state index in [9.17, 15) is 4.79 Å². The van der Waals surface area contributed by atoms with Crippen LogP contribution in [0.25, 0.3) is 0 Å². The summed E-state index contributed by atoms with van der Waals surface area (Å²) >= 11 is 1.57. The number of hydrogen-bond acceptors (Lipinski definition) is 4. The number of aldehydes is 1. The molecule has 0 amide bonds. The van der Waals surface area contributed by atoms with Gasteiger partial charge in [-0.1, -0.05) is 38.0 Å². The molecule has 0 spiro atoms. The van der Waals surface area contributed by atoms with Crippen molar-refractivity contribution in [2.24, 2.45) is 5.92 Å². The van der Waals surface area contributed by atoms with Crippen molar-refractivity contribution in [2.45, 2.75) is 52.4 Å². The van der Waals surface area contributed by atoms with Crippen LogP contribution in [0.3, 0.4) is 0 Å². The van der Waals surface area contributed by atoms with Crippen LogP contribution in [-0.4, -0.2) is 24.4 Å². The summed E-state index contributed by atoms with van der Waals surface area (Å²) < 4.78 is 0. The molecule has 106 valence electrons. The van der Waals surface area contributed by atoms with Gasteiger partial charge in [-0.25, -0.2) is 4.98 Å². The van der Waals surface area contributed by atoms with Crippen LogP contribution in [0.2, 0.25) is 0 Å². The number of anilines is 1. The molecule has 0 bridgehead atoms. The van der Waals surface area contributed by atoms with Gasteiger partial charge < -0.3 is 4.90 Å². The molecule has 0 aliphatic carbocycles. The van der Waals surface area contributed by atoms with E-state index in [1.807, 2.05) is 0 Å². The molecular formula is C15H24N2OS. The highest BCUT2D eigenvalue weighted by molar-refractivity contribution is 7.17. The summed E-state index contributed by atoms with van der Waals surface area (Å²) in [5, 5.41) is 1.06. The topological polar surface area (TPSA) is 33.2 Å². The number of thiazole rings is 1. The van der Waals surface area contributed by atoms with Gasteiger partial charge >= 0.3 is 0 Å². The molecule has 0 N–H and O–H groups in total. The van der Waals surface area contributed by atoms with Gasteiger partial charge in [-0.2, -0.15) is 0 Å². The van der Waals surface area contributed by atoms with Crippen molar-refractivity contribution >= 4 is 22.8 Å². The highest BCUT2D eigenvalue weighted by Gasteiger charge is 2.20. The van der Waals surface area contributed by atoms with Crippen molar-refractivity contribution in [1.82, 2.24) is 4.98 Å². The van der Waals surface area contributed by atoms with Gasteiger partial charge in [0.1, 0.15) is 0 Å². The van der Waals surface area contributed by atoms with Crippen molar-refractivity contribution in [1.29, 1.82) is 0 Å². The second-order valence-corrected chi connectivity index (χ2v) is 6.38. The standard InChI is InChI=1S/C15H24N2OS/c1-3-6-13-14(11-18)19-15(16-13)17-9-5-7-12(4-2)8-10-17/h11-12H,3-10H2,1-2H3. The zero-order chi connectivity index (χ0) is 13.7. The number of aromatic nitrogens is 1. The van der Waals surface area contributed by atoms with Crippen LogP contribution in [0.5, 0.6) is 0 Å². The van der Waals surface area contributed by atoms with E-state index in [2.05, 4.69) is 18.7 Å². The smallest absolute Gasteiger partial charge is 0.186 e. The lowest BCUT2D eigenvalue weighted by Crippen LogP contribution is -2.24. The first-order valence-corrected chi connectivity index (χ1v) is 8.29. The SMILES string of the molecule is CCCc1nc(N2CCCC(CC)CC2)sc1C=O. The molecule has 1 atom stereocenters. The average Bonchev–Trinajstić information content (AvgIpc) is 2.68. The van der Waals surface area contributed by atoms with E-state index >= 15 is 0 Å². The summed E-state index contributed by atoms with van der Waals surface area (Å²) in [5.74, 6) is 0.866. The van der Waals surface area contributed by atoms with E-state index in [4.69, 9.17) is 4.98 Å².